The molecule has 3 rings (SSSR count). The molecule has 3 fully saturated rings. The number of rotatable bonds is 0. The number of nitrogens with zero attached hydrogens (tertiary/aromatic N) is 1. The molecular formula is C16H31NO4Si. The van der Waals surface area contributed by atoms with Gasteiger partial charge < -0.3 is 19.1 Å². The third-order valence-corrected chi connectivity index (χ3v) is 10.8. The zero-order valence-corrected chi connectivity index (χ0v) is 15.7. The van der Waals surface area contributed by atoms with Crippen LogP contribution >= 0.6 is 0 Å². The summed E-state index contributed by atoms with van der Waals surface area (Å²) in [6.07, 6.45) is -0.807. The SMILES string of the molecule is CC(C)(C)[Si]1(C(C)(C)C)O[C@H]2[C@H](O)[C@H](O)CN3CC[C@H](O1)[C@H]23. The molecule has 3 aliphatic heterocycles. The molecule has 3 heterocycles. The van der Waals surface area contributed by atoms with E-state index in [1.807, 2.05) is 0 Å². The Morgan fingerprint density at radius 3 is 2.14 bits per heavy atom. The average molecular weight is 330 g/mol. The summed E-state index contributed by atoms with van der Waals surface area (Å²) in [4.78, 5) is 2.23. The number of hydrogen-bond donors (Lipinski definition) is 2. The minimum Gasteiger partial charge on any atom is -0.389 e. The highest BCUT2D eigenvalue weighted by molar-refractivity contribution is 6.73. The first-order chi connectivity index (χ1) is 9.98. The third-order valence-electron chi connectivity index (χ3n) is 5.59. The molecule has 2 N–H and O–H groups in total. The van der Waals surface area contributed by atoms with E-state index in [4.69, 9.17) is 8.85 Å². The van der Waals surface area contributed by atoms with Crippen LogP contribution < -0.4 is 0 Å². The summed E-state index contributed by atoms with van der Waals surface area (Å²) in [6.45, 7) is 14.5. The van der Waals surface area contributed by atoms with Gasteiger partial charge in [-0.05, 0) is 6.42 Å². The summed E-state index contributed by atoms with van der Waals surface area (Å²) >= 11 is 0. The van der Waals surface area contributed by atoms with Gasteiger partial charge in [0, 0.05) is 23.2 Å². The third kappa shape index (κ3) is 2.23. The Balaban J connectivity index is 2.03. The maximum atomic E-state index is 10.6. The van der Waals surface area contributed by atoms with Gasteiger partial charge in [-0.15, -0.1) is 0 Å². The monoisotopic (exact) mass is 329 g/mol. The molecule has 0 bridgehead atoms. The number of aliphatic hydroxyl groups excluding tert-OH is 2. The molecule has 0 radical (unpaired) electrons. The Labute approximate surface area is 134 Å². The average Bonchev–Trinajstić information content (AvgIpc) is 2.76. The van der Waals surface area contributed by atoms with Crippen LogP contribution in [-0.2, 0) is 8.85 Å². The molecule has 0 aromatic heterocycles. The van der Waals surface area contributed by atoms with E-state index in [0.29, 0.717) is 6.54 Å². The molecule has 0 spiro atoms. The van der Waals surface area contributed by atoms with Crippen molar-refractivity contribution in [3.05, 3.63) is 0 Å². The highest BCUT2D eigenvalue weighted by Crippen LogP contribution is 2.57. The quantitative estimate of drug-likeness (QED) is 0.661. The van der Waals surface area contributed by atoms with Gasteiger partial charge in [-0.2, -0.15) is 0 Å². The van der Waals surface area contributed by atoms with Crippen LogP contribution in [-0.4, -0.2) is 67.2 Å². The van der Waals surface area contributed by atoms with Gasteiger partial charge in [0.15, 0.2) is 0 Å². The van der Waals surface area contributed by atoms with Crippen LogP contribution in [0.2, 0.25) is 10.1 Å². The van der Waals surface area contributed by atoms with Crippen LogP contribution in [0.3, 0.4) is 0 Å². The van der Waals surface area contributed by atoms with E-state index >= 15 is 0 Å². The molecule has 0 aromatic carbocycles. The molecule has 6 heteroatoms. The van der Waals surface area contributed by atoms with Crippen LogP contribution in [0, 0.1) is 0 Å². The van der Waals surface area contributed by atoms with Gasteiger partial charge in [0.1, 0.15) is 6.10 Å². The standard InChI is InChI=1S/C16H31NO4Si/c1-15(2,3)22(16(4,5)6)20-11-7-8-17-9-10(18)13(19)14(21-22)12(11)17/h10-14,18-19H,7-9H2,1-6H3/t10-,11+,12-,13-,14-/m1/s1. The second-order valence-corrected chi connectivity index (χ2v) is 13.9. The predicted molar refractivity (Wildman–Crippen MR) is 86.9 cm³/mol. The summed E-state index contributed by atoms with van der Waals surface area (Å²) in [5.41, 5.74) is 0. The molecule has 0 amide bonds. The first-order valence-electron chi connectivity index (χ1n) is 8.44. The molecule has 5 nitrogen and oxygen atoms in total. The topological polar surface area (TPSA) is 62.2 Å². The van der Waals surface area contributed by atoms with Crippen molar-refractivity contribution in [3.8, 4) is 0 Å². The van der Waals surface area contributed by atoms with Crippen molar-refractivity contribution >= 4 is 8.56 Å². The minimum atomic E-state index is -2.62. The normalized spacial score (nSPS) is 42.3. The summed E-state index contributed by atoms with van der Waals surface area (Å²) in [5, 5.41) is 20.6. The Kier molecular flexibility index (Phi) is 3.84. The second-order valence-electron chi connectivity index (χ2n) is 9.19. The Hall–Kier alpha value is 0.0169. The fourth-order valence-electron chi connectivity index (χ4n) is 4.78. The highest BCUT2D eigenvalue weighted by atomic mass is 28.4. The van der Waals surface area contributed by atoms with E-state index in [-0.39, 0.29) is 28.3 Å². The van der Waals surface area contributed by atoms with Gasteiger partial charge in [0.2, 0.25) is 0 Å². The molecule has 0 aliphatic carbocycles. The number of aliphatic hydroxyl groups is 2. The first-order valence-corrected chi connectivity index (χ1v) is 10.3. The van der Waals surface area contributed by atoms with E-state index in [9.17, 15) is 10.2 Å². The molecule has 5 atom stereocenters. The maximum Gasteiger partial charge on any atom is 0.349 e. The number of hydrogen-bond acceptors (Lipinski definition) is 5. The lowest BCUT2D eigenvalue weighted by atomic mass is 9.93. The minimum absolute atomic E-state index is 0.0868. The largest absolute Gasteiger partial charge is 0.389 e. The van der Waals surface area contributed by atoms with Crippen LogP contribution in [0.5, 0.6) is 0 Å². The summed E-state index contributed by atoms with van der Waals surface area (Å²) < 4.78 is 13.4. The van der Waals surface area contributed by atoms with E-state index < -0.39 is 20.8 Å². The molecule has 3 aliphatic rings. The molecule has 3 saturated heterocycles. The first kappa shape index (κ1) is 16.9. The second kappa shape index (κ2) is 5.01. The van der Waals surface area contributed by atoms with Gasteiger partial charge >= 0.3 is 8.56 Å². The van der Waals surface area contributed by atoms with E-state index in [1.54, 1.807) is 0 Å². The molecule has 22 heavy (non-hydrogen) atoms. The van der Waals surface area contributed by atoms with E-state index in [2.05, 4.69) is 46.4 Å². The van der Waals surface area contributed by atoms with Gasteiger partial charge in [0.05, 0.1) is 24.4 Å². The Morgan fingerprint density at radius 1 is 1.00 bits per heavy atom. The lowest BCUT2D eigenvalue weighted by Crippen LogP contribution is -2.73. The fraction of sp³-hybridized carbons (Fsp3) is 1.00. The predicted octanol–water partition coefficient (Wildman–Crippen LogP) is 1.62. The summed E-state index contributed by atoms with van der Waals surface area (Å²) in [6, 6.07) is 0.0868. The van der Waals surface area contributed by atoms with Crippen molar-refractivity contribution in [3.63, 3.8) is 0 Å². The molecular weight excluding hydrogens is 298 g/mol. The van der Waals surface area contributed by atoms with Crippen LogP contribution in [0.1, 0.15) is 48.0 Å². The smallest absolute Gasteiger partial charge is 0.349 e. The Morgan fingerprint density at radius 2 is 1.59 bits per heavy atom. The molecule has 128 valence electrons. The highest BCUT2D eigenvalue weighted by Gasteiger charge is 2.67. The van der Waals surface area contributed by atoms with Gasteiger partial charge in [-0.3, -0.25) is 4.90 Å². The lowest BCUT2D eigenvalue weighted by molar-refractivity contribution is -0.167. The fourth-order valence-corrected chi connectivity index (χ4v) is 9.85. The van der Waals surface area contributed by atoms with Crippen molar-refractivity contribution in [2.24, 2.45) is 0 Å². The van der Waals surface area contributed by atoms with Crippen molar-refractivity contribution in [1.82, 2.24) is 4.90 Å². The summed E-state index contributed by atoms with van der Waals surface area (Å²) in [7, 11) is -2.62. The van der Waals surface area contributed by atoms with Crippen molar-refractivity contribution in [2.75, 3.05) is 13.1 Å². The van der Waals surface area contributed by atoms with Crippen molar-refractivity contribution in [1.29, 1.82) is 0 Å². The molecule has 0 unspecified atom stereocenters. The van der Waals surface area contributed by atoms with Gasteiger partial charge in [-0.1, -0.05) is 41.5 Å². The Bertz CT molecular complexity index is 430. The van der Waals surface area contributed by atoms with Crippen LogP contribution in [0.15, 0.2) is 0 Å². The van der Waals surface area contributed by atoms with Crippen molar-refractivity contribution < 1.29 is 19.1 Å². The summed E-state index contributed by atoms with van der Waals surface area (Å²) in [5.74, 6) is 0. The lowest BCUT2D eigenvalue weighted by Gasteiger charge is -2.59. The number of piperidine rings is 1. The van der Waals surface area contributed by atoms with Crippen LogP contribution in [0.4, 0.5) is 0 Å². The zero-order chi connectivity index (χ0) is 16.5. The van der Waals surface area contributed by atoms with E-state index in [1.165, 1.54) is 0 Å². The molecule has 0 aromatic rings. The molecule has 0 saturated carbocycles. The zero-order valence-electron chi connectivity index (χ0n) is 14.7. The van der Waals surface area contributed by atoms with E-state index in [0.717, 1.165) is 13.0 Å². The van der Waals surface area contributed by atoms with Crippen LogP contribution in [0.25, 0.3) is 0 Å². The van der Waals surface area contributed by atoms with Crippen molar-refractivity contribution in [2.45, 2.75) is 88.5 Å². The van der Waals surface area contributed by atoms with Gasteiger partial charge in [-0.25, -0.2) is 0 Å². The maximum absolute atomic E-state index is 10.6. The van der Waals surface area contributed by atoms with Gasteiger partial charge in [0.25, 0.3) is 0 Å².